The zero-order valence-corrected chi connectivity index (χ0v) is 21.8. The Bertz CT molecular complexity index is 1140. The predicted octanol–water partition coefficient (Wildman–Crippen LogP) is 6.51. The van der Waals surface area contributed by atoms with Gasteiger partial charge < -0.3 is 14.8 Å². The zero-order chi connectivity index (χ0) is 24.8. The van der Waals surface area contributed by atoms with Crippen LogP contribution in [0, 0.1) is 0 Å². The van der Waals surface area contributed by atoms with Crippen molar-refractivity contribution in [3.8, 4) is 11.5 Å². The van der Waals surface area contributed by atoms with Crippen molar-refractivity contribution in [1.82, 2.24) is 10.4 Å². The van der Waals surface area contributed by atoms with Gasteiger partial charge in [0.05, 0.1) is 27.7 Å². The molecule has 3 rings (SSSR count). The number of carbonyl (C=O) groups is 2. The van der Waals surface area contributed by atoms with E-state index in [1.165, 1.54) is 6.07 Å². The van der Waals surface area contributed by atoms with Gasteiger partial charge in [-0.15, -0.1) is 0 Å². The summed E-state index contributed by atoms with van der Waals surface area (Å²) in [7, 11) is 0. The normalized spacial score (nSPS) is 15.4. The molecule has 1 atom stereocenters. The van der Waals surface area contributed by atoms with Gasteiger partial charge in [-0.25, -0.2) is 10.2 Å². The van der Waals surface area contributed by atoms with E-state index in [1.807, 2.05) is 32.9 Å². The van der Waals surface area contributed by atoms with E-state index in [9.17, 15) is 9.59 Å². The Kier molecular flexibility index (Phi) is 9.07. The molecular weight excluding hydrogens is 517 g/mol. The van der Waals surface area contributed by atoms with Gasteiger partial charge in [0, 0.05) is 5.69 Å². The first-order chi connectivity index (χ1) is 16.2. The highest BCUT2D eigenvalue weighted by atomic mass is 35.5. The number of nitrogens with one attached hydrogen (secondary N) is 2. The molecule has 0 aromatic heterocycles. The molecule has 0 spiro atoms. The zero-order valence-electron chi connectivity index (χ0n) is 18.7. The quantitative estimate of drug-likeness (QED) is 0.294. The molecule has 3 amide bonds. The Hall–Kier alpha value is -2.46. The van der Waals surface area contributed by atoms with Crippen LogP contribution in [0.25, 0.3) is 6.08 Å². The minimum atomic E-state index is -0.652. The molecular formula is C23H23Cl2N3O4S2. The maximum atomic E-state index is 12.9. The van der Waals surface area contributed by atoms with E-state index < -0.39 is 11.9 Å². The molecule has 1 aliphatic rings. The molecule has 2 N–H and O–H groups in total. The lowest BCUT2D eigenvalue weighted by molar-refractivity contribution is -0.123. The molecule has 1 fully saturated rings. The largest absolute Gasteiger partial charge is 0.490 e. The highest BCUT2D eigenvalue weighted by Gasteiger charge is 2.33. The van der Waals surface area contributed by atoms with Gasteiger partial charge in [-0.3, -0.25) is 4.79 Å². The average Bonchev–Trinajstić information content (AvgIpc) is 3.05. The van der Waals surface area contributed by atoms with Crippen molar-refractivity contribution in [2.75, 3.05) is 11.9 Å². The second-order valence-electron chi connectivity index (χ2n) is 7.19. The van der Waals surface area contributed by atoms with Gasteiger partial charge in [-0.2, -0.15) is 5.01 Å². The number of nitrogens with zero attached hydrogens (tertiary/aromatic N) is 1. The molecule has 1 aliphatic heterocycles. The number of hydrazine groups is 1. The fourth-order valence-electron chi connectivity index (χ4n) is 2.83. The van der Waals surface area contributed by atoms with E-state index in [0.717, 1.165) is 28.8 Å². The first-order valence-corrected chi connectivity index (χ1v) is 12.4. The molecule has 0 radical (unpaired) electrons. The van der Waals surface area contributed by atoms with E-state index in [2.05, 4.69) is 10.7 Å². The van der Waals surface area contributed by atoms with Gasteiger partial charge in [0.25, 0.3) is 5.91 Å². The highest BCUT2D eigenvalue weighted by Crippen LogP contribution is 2.35. The van der Waals surface area contributed by atoms with Crippen LogP contribution in [0.3, 0.4) is 0 Å². The predicted molar refractivity (Wildman–Crippen MR) is 142 cm³/mol. The number of anilines is 1. The van der Waals surface area contributed by atoms with Crippen molar-refractivity contribution in [3.63, 3.8) is 0 Å². The fourth-order valence-corrected chi connectivity index (χ4v) is 4.31. The van der Waals surface area contributed by atoms with Gasteiger partial charge in [-0.1, -0.05) is 48.0 Å². The van der Waals surface area contributed by atoms with Gasteiger partial charge in [0.15, 0.2) is 15.8 Å². The van der Waals surface area contributed by atoms with Gasteiger partial charge in [0.2, 0.25) is 0 Å². The number of ether oxygens (including phenoxy) is 2. The topological polar surface area (TPSA) is 79.9 Å². The standard InChI is InChI=1S/C23H23Cl2N3O4S2/c1-4-13(3)32-18-9-6-14(10-19(18)31-5-2)11-20-21(29)28(23(33)34-20)27-22(30)26-15-7-8-16(24)17(25)12-15/h6-13H,4-5H2,1-3H3,(H2,26,27,30)/b20-11+/t13-/m0/s1. The summed E-state index contributed by atoms with van der Waals surface area (Å²) in [6.45, 7) is 6.39. The Balaban J connectivity index is 1.72. The van der Waals surface area contributed by atoms with Crippen LogP contribution in [-0.2, 0) is 4.79 Å². The molecule has 2 aromatic carbocycles. The number of halogens is 2. The van der Waals surface area contributed by atoms with Crippen LogP contribution in [0.1, 0.15) is 32.8 Å². The summed E-state index contributed by atoms with van der Waals surface area (Å²) in [6.07, 6.45) is 2.59. The maximum Gasteiger partial charge on any atom is 0.338 e. The number of amides is 3. The number of hydrogen-bond donors (Lipinski definition) is 2. The third-order valence-electron chi connectivity index (χ3n) is 4.65. The molecule has 0 aliphatic carbocycles. The van der Waals surface area contributed by atoms with Crippen LogP contribution in [-0.4, -0.2) is 34.0 Å². The monoisotopic (exact) mass is 539 g/mol. The number of thioether (sulfide) groups is 1. The van der Waals surface area contributed by atoms with Crippen molar-refractivity contribution < 1.29 is 19.1 Å². The number of benzene rings is 2. The Morgan fingerprint density at radius 2 is 1.94 bits per heavy atom. The van der Waals surface area contributed by atoms with E-state index in [1.54, 1.807) is 24.3 Å². The summed E-state index contributed by atoms with van der Waals surface area (Å²) in [5.74, 6) is 0.782. The SMILES string of the molecule is CCOc1cc(/C=C2/SC(=S)N(NC(=O)Nc3ccc(Cl)c(Cl)c3)C2=O)ccc1O[C@@H](C)CC. The number of thiocarbonyl (C=S) groups is 1. The highest BCUT2D eigenvalue weighted by molar-refractivity contribution is 8.26. The van der Waals surface area contributed by atoms with E-state index in [0.29, 0.717) is 38.7 Å². The molecule has 0 saturated carbocycles. The Morgan fingerprint density at radius 3 is 2.62 bits per heavy atom. The number of urea groups is 1. The number of hydrogen-bond acceptors (Lipinski definition) is 6. The van der Waals surface area contributed by atoms with Crippen molar-refractivity contribution in [3.05, 3.63) is 56.9 Å². The van der Waals surface area contributed by atoms with Crippen molar-refractivity contribution in [2.45, 2.75) is 33.3 Å². The van der Waals surface area contributed by atoms with Crippen molar-refractivity contribution in [1.29, 1.82) is 0 Å². The minimum Gasteiger partial charge on any atom is -0.490 e. The minimum absolute atomic E-state index is 0.0439. The Labute approximate surface area is 217 Å². The van der Waals surface area contributed by atoms with Gasteiger partial charge in [-0.05, 0) is 74.5 Å². The van der Waals surface area contributed by atoms with Crippen molar-refractivity contribution in [2.24, 2.45) is 0 Å². The molecule has 2 aromatic rings. The van der Waals surface area contributed by atoms with Crippen LogP contribution >= 0.6 is 47.2 Å². The second-order valence-corrected chi connectivity index (χ2v) is 9.68. The van der Waals surface area contributed by atoms with Crippen LogP contribution in [0.5, 0.6) is 11.5 Å². The fraction of sp³-hybridized carbons (Fsp3) is 0.261. The molecule has 180 valence electrons. The van der Waals surface area contributed by atoms with Crippen LogP contribution in [0.4, 0.5) is 10.5 Å². The summed E-state index contributed by atoms with van der Waals surface area (Å²) in [5, 5.41) is 4.26. The average molecular weight is 540 g/mol. The lowest BCUT2D eigenvalue weighted by atomic mass is 10.1. The summed E-state index contributed by atoms with van der Waals surface area (Å²) in [4.78, 5) is 25.6. The molecule has 7 nitrogen and oxygen atoms in total. The lowest BCUT2D eigenvalue weighted by Crippen LogP contribution is -2.46. The first-order valence-electron chi connectivity index (χ1n) is 10.5. The third kappa shape index (κ3) is 6.56. The summed E-state index contributed by atoms with van der Waals surface area (Å²) in [6, 6.07) is 9.43. The number of rotatable bonds is 8. The van der Waals surface area contributed by atoms with Gasteiger partial charge >= 0.3 is 6.03 Å². The van der Waals surface area contributed by atoms with Crippen molar-refractivity contribution >= 4 is 75.2 Å². The molecule has 11 heteroatoms. The lowest BCUT2D eigenvalue weighted by Gasteiger charge is -2.17. The smallest absolute Gasteiger partial charge is 0.338 e. The molecule has 0 unspecified atom stereocenters. The summed E-state index contributed by atoms with van der Waals surface area (Å²) < 4.78 is 11.8. The maximum absolute atomic E-state index is 12.9. The summed E-state index contributed by atoms with van der Waals surface area (Å²) >= 11 is 18.2. The molecule has 34 heavy (non-hydrogen) atoms. The first kappa shape index (κ1) is 26.2. The molecule has 0 bridgehead atoms. The van der Waals surface area contributed by atoms with E-state index in [4.69, 9.17) is 44.9 Å². The van der Waals surface area contributed by atoms with Crippen LogP contribution in [0.2, 0.25) is 10.0 Å². The molecule has 1 saturated heterocycles. The van der Waals surface area contributed by atoms with E-state index >= 15 is 0 Å². The molecule has 1 heterocycles. The van der Waals surface area contributed by atoms with Crippen LogP contribution < -0.4 is 20.2 Å². The van der Waals surface area contributed by atoms with Gasteiger partial charge in [0.1, 0.15) is 0 Å². The third-order valence-corrected chi connectivity index (χ3v) is 6.69. The number of carbonyl (C=O) groups excluding carboxylic acids is 2. The van der Waals surface area contributed by atoms with E-state index in [-0.39, 0.29) is 10.4 Å². The Morgan fingerprint density at radius 1 is 1.18 bits per heavy atom. The van der Waals surface area contributed by atoms with Crippen LogP contribution in [0.15, 0.2) is 41.3 Å². The second kappa shape index (κ2) is 11.8. The summed E-state index contributed by atoms with van der Waals surface area (Å²) in [5.41, 5.74) is 3.61.